The average molecular weight is 432 g/mol. The number of rotatable bonds is 6. The molecule has 2 amide bonds. The van der Waals surface area contributed by atoms with Crippen molar-refractivity contribution in [2.75, 3.05) is 5.32 Å². The van der Waals surface area contributed by atoms with E-state index in [9.17, 15) is 22.8 Å². The summed E-state index contributed by atoms with van der Waals surface area (Å²) in [5.74, 6) is -1.21. The van der Waals surface area contributed by atoms with E-state index in [1.807, 2.05) is 0 Å². The Balaban J connectivity index is 1.85. The molecule has 0 fully saturated rings. The summed E-state index contributed by atoms with van der Waals surface area (Å²) >= 11 is 11.7. The number of amides is 2. The van der Waals surface area contributed by atoms with Gasteiger partial charge in [-0.3, -0.25) is 9.59 Å². The van der Waals surface area contributed by atoms with Gasteiger partial charge in [0.25, 0.3) is 0 Å². The van der Waals surface area contributed by atoms with Crippen molar-refractivity contribution in [1.29, 1.82) is 0 Å². The molecule has 0 aliphatic heterocycles. The van der Waals surface area contributed by atoms with Gasteiger partial charge in [-0.15, -0.1) is 0 Å². The lowest BCUT2D eigenvalue weighted by atomic mass is 10.2. The Morgan fingerprint density at radius 1 is 1.00 bits per heavy atom. The van der Waals surface area contributed by atoms with E-state index in [-0.39, 0.29) is 23.6 Å². The molecule has 0 spiro atoms. The van der Waals surface area contributed by atoms with Crippen LogP contribution in [0.25, 0.3) is 0 Å². The van der Waals surface area contributed by atoms with Crippen LogP contribution in [0.4, 0.5) is 18.9 Å². The van der Waals surface area contributed by atoms with Gasteiger partial charge in [0, 0.05) is 23.4 Å². The van der Waals surface area contributed by atoms with Crippen LogP contribution in [-0.2, 0) is 15.8 Å². The van der Waals surface area contributed by atoms with Gasteiger partial charge in [-0.1, -0.05) is 41.4 Å². The van der Waals surface area contributed by atoms with Crippen LogP contribution in [0.2, 0.25) is 10.0 Å². The highest BCUT2D eigenvalue weighted by molar-refractivity contribution is 6.33. The number of carbonyl (C=O) groups excluding carboxylic acids is 2. The first-order chi connectivity index (χ1) is 13.2. The highest BCUT2D eigenvalue weighted by Gasteiger charge is 2.31. The summed E-state index contributed by atoms with van der Waals surface area (Å²) in [7, 11) is 0. The molecule has 0 bridgehead atoms. The summed E-state index contributed by atoms with van der Waals surface area (Å²) in [6.07, 6.45) is -3.70. The molecule has 0 unspecified atom stereocenters. The number of nitrogens with one attached hydrogen (secondary N) is 2. The predicted octanol–water partition coefficient (Wildman–Crippen LogP) is 4.88. The predicted molar refractivity (Wildman–Crippen MR) is 102 cm³/mol. The first kappa shape index (κ1) is 21.7. The molecule has 2 aromatic rings. The minimum Gasteiger partial charge on any atom is -0.325 e. The van der Waals surface area contributed by atoms with Gasteiger partial charge in [0.2, 0.25) is 11.8 Å². The molecule has 0 saturated carbocycles. The van der Waals surface area contributed by atoms with E-state index >= 15 is 0 Å². The molecule has 28 heavy (non-hydrogen) atoms. The van der Waals surface area contributed by atoms with Crippen molar-refractivity contribution in [3.8, 4) is 0 Å². The Morgan fingerprint density at radius 2 is 1.68 bits per heavy atom. The fraction of sp³-hybridized carbons (Fsp3) is 0.167. The third-order valence-electron chi connectivity index (χ3n) is 3.45. The Labute approximate surface area is 168 Å². The van der Waals surface area contributed by atoms with Crippen molar-refractivity contribution in [2.45, 2.75) is 19.0 Å². The second kappa shape index (κ2) is 9.57. The molecule has 10 heteroatoms. The topological polar surface area (TPSA) is 70.6 Å². The maximum atomic E-state index is 12.7. The number of hydrogen-bond donors (Lipinski definition) is 2. The lowest BCUT2D eigenvalue weighted by molar-refractivity contribution is -0.137. The van der Waals surface area contributed by atoms with Gasteiger partial charge < -0.3 is 5.32 Å². The van der Waals surface area contributed by atoms with E-state index in [2.05, 4.69) is 15.8 Å². The maximum absolute atomic E-state index is 12.7. The summed E-state index contributed by atoms with van der Waals surface area (Å²) in [4.78, 5) is 23.6. The number of halogens is 5. The summed E-state index contributed by atoms with van der Waals surface area (Å²) in [6.45, 7) is 0. The van der Waals surface area contributed by atoms with Crippen LogP contribution >= 0.6 is 23.2 Å². The standard InChI is InChI=1S/C18H14Cl2F3N3O2/c19-13-4-2-1-3-11(13)10-24-26-17(28)8-7-16(27)25-15-9-12(18(21,22)23)5-6-14(15)20/h1-6,9-10H,7-8H2,(H,25,27)(H,26,28). The third-order valence-corrected chi connectivity index (χ3v) is 4.12. The molecule has 0 aromatic heterocycles. The molecular formula is C18H14Cl2F3N3O2. The number of carbonyl (C=O) groups is 2. The largest absolute Gasteiger partial charge is 0.416 e. The van der Waals surface area contributed by atoms with Crippen molar-refractivity contribution in [1.82, 2.24) is 5.43 Å². The van der Waals surface area contributed by atoms with Gasteiger partial charge in [0.15, 0.2) is 0 Å². The van der Waals surface area contributed by atoms with E-state index in [1.54, 1.807) is 24.3 Å². The van der Waals surface area contributed by atoms with E-state index in [4.69, 9.17) is 23.2 Å². The van der Waals surface area contributed by atoms with Crippen LogP contribution in [0.5, 0.6) is 0 Å². The summed E-state index contributed by atoms with van der Waals surface area (Å²) < 4.78 is 38.2. The molecule has 0 aliphatic rings. The van der Waals surface area contributed by atoms with Gasteiger partial charge in [-0.2, -0.15) is 18.3 Å². The van der Waals surface area contributed by atoms with Crippen LogP contribution in [0.1, 0.15) is 24.0 Å². The van der Waals surface area contributed by atoms with Crippen molar-refractivity contribution >= 4 is 46.9 Å². The van der Waals surface area contributed by atoms with Crippen LogP contribution < -0.4 is 10.7 Å². The smallest absolute Gasteiger partial charge is 0.325 e. The highest BCUT2D eigenvalue weighted by Crippen LogP contribution is 2.33. The summed E-state index contributed by atoms with van der Waals surface area (Å²) in [5.41, 5.74) is 1.71. The molecular weight excluding hydrogens is 418 g/mol. The second-order valence-electron chi connectivity index (χ2n) is 5.56. The van der Waals surface area contributed by atoms with Gasteiger partial charge in [0.05, 0.1) is 22.5 Å². The molecule has 5 nitrogen and oxygen atoms in total. The third kappa shape index (κ3) is 6.54. The molecule has 148 valence electrons. The minimum absolute atomic E-state index is 0.0462. The molecule has 0 heterocycles. The van der Waals surface area contributed by atoms with Crippen LogP contribution in [-0.4, -0.2) is 18.0 Å². The Hall–Kier alpha value is -2.58. The minimum atomic E-state index is -4.57. The molecule has 2 N–H and O–H groups in total. The first-order valence-corrected chi connectivity index (χ1v) is 8.65. The second-order valence-corrected chi connectivity index (χ2v) is 6.37. The number of alkyl halides is 3. The number of benzene rings is 2. The van der Waals surface area contributed by atoms with E-state index in [0.29, 0.717) is 10.6 Å². The molecule has 2 rings (SSSR count). The van der Waals surface area contributed by atoms with Crippen molar-refractivity contribution in [3.05, 3.63) is 63.6 Å². The molecule has 2 aromatic carbocycles. The number of nitrogens with zero attached hydrogens (tertiary/aromatic N) is 1. The van der Waals surface area contributed by atoms with Gasteiger partial charge in [-0.05, 0) is 24.3 Å². The zero-order chi connectivity index (χ0) is 20.7. The molecule has 0 radical (unpaired) electrons. The monoisotopic (exact) mass is 431 g/mol. The van der Waals surface area contributed by atoms with Crippen LogP contribution in [0, 0.1) is 0 Å². The Morgan fingerprint density at radius 3 is 2.36 bits per heavy atom. The highest BCUT2D eigenvalue weighted by atomic mass is 35.5. The van der Waals surface area contributed by atoms with Crippen LogP contribution in [0.15, 0.2) is 47.6 Å². The van der Waals surface area contributed by atoms with E-state index in [1.165, 1.54) is 6.21 Å². The Bertz CT molecular complexity index is 902. The average Bonchev–Trinajstić information content (AvgIpc) is 2.62. The van der Waals surface area contributed by atoms with Crippen LogP contribution in [0.3, 0.4) is 0 Å². The van der Waals surface area contributed by atoms with E-state index < -0.39 is 23.6 Å². The maximum Gasteiger partial charge on any atom is 0.416 e. The number of hydrogen-bond acceptors (Lipinski definition) is 3. The number of anilines is 1. The fourth-order valence-corrected chi connectivity index (χ4v) is 2.40. The molecule has 0 saturated heterocycles. The SMILES string of the molecule is O=C(CCC(=O)Nc1cc(C(F)(F)F)ccc1Cl)NN=Cc1ccccc1Cl. The van der Waals surface area contributed by atoms with Crippen molar-refractivity contribution in [3.63, 3.8) is 0 Å². The van der Waals surface area contributed by atoms with E-state index in [0.717, 1.165) is 18.2 Å². The summed E-state index contributed by atoms with van der Waals surface area (Å²) in [6, 6.07) is 9.43. The van der Waals surface area contributed by atoms with Gasteiger partial charge in [-0.25, -0.2) is 5.43 Å². The lowest BCUT2D eigenvalue weighted by Crippen LogP contribution is -2.21. The number of hydrazone groups is 1. The fourth-order valence-electron chi connectivity index (χ4n) is 2.05. The lowest BCUT2D eigenvalue weighted by Gasteiger charge is -2.11. The molecule has 0 aliphatic carbocycles. The summed E-state index contributed by atoms with van der Waals surface area (Å²) in [5, 5.41) is 6.40. The van der Waals surface area contributed by atoms with Crippen molar-refractivity contribution < 1.29 is 22.8 Å². The zero-order valence-corrected chi connectivity index (χ0v) is 15.7. The van der Waals surface area contributed by atoms with Crippen molar-refractivity contribution in [2.24, 2.45) is 5.10 Å². The van der Waals surface area contributed by atoms with Gasteiger partial charge in [0.1, 0.15) is 0 Å². The Kier molecular flexibility index (Phi) is 7.42. The first-order valence-electron chi connectivity index (χ1n) is 7.90. The molecule has 0 atom stereocenters. The zero-order valence-electron chi connectivity index (χ0n) is 14.2. The normalized spacial score (nSPS) is 11.5. The quantitative estimate of drug-likeness (QED) is 0.505. The van der Waals surface area contributed by atoms with Gasteiger partial charge >= 0.3 is 6.18 Å².